The molecule has 1 amide bonds. The van der Waals surface area contributed by atoms with Gasteiger partial charge in [-0.25, -0.2) is 9.78 Å². The number of benzene rings is 2. The zero-order valence-electron chi connectivity index (χ0n) is 12.9. The molecule has 0 aliphatic rings. The Morgan fingerprint density at radius 3 is 2.17 bits per heavy atom. The van der Waals surface area contributed by atoms with Gasteiger partial charge in [0.15, 0.2) is 0 Å². The van der Waals surface area contributed by atoms with Gasteiger partial charge in [0, 0.05) is 23.7 Å². The molecule has 3 aromatic rings. The summed E-state index contributed by atoms with van der Waals surface area (Å²) in [7, 11) is 0. The number of aromatic nitrogens is 1. The number of alkyl carbamates (subject to hydrolysis) is 1. The van der Waals surface area contributed by atoms with Crippen LogP contribution in [0, 0.1) is 0 Å². The molecule has 23 heavy (non-hydrogen) atoms. The number of hydrogen-bond donors (Lipinski definition) is 1. The van der Waals surface area contributed by atoms with Crippen LogP contribution in [0.15, 0.2) is 48.5 Å². The van der Waals surface area contributed by atoms with Gasteiger partial charge in [0.2, 0.25) is 0 Å². The molecule has 0 atom stereocenters. The summed E-state index contributed by atoms with van der Waals surface area (Å²) in [6.45, 7) is 2.79. The fourth-order valence-electron chi connectivity index (χ4n) is 2.64. The molecular weight excluding hydrogens is 312 g/mol. The Labute approximate surface area is 141 Å². The molecule has 2 aromatic carbocycles. The lowest BCUT2D eigenvalue weighted by atomic mass is 10.0. The standard InChI is InChI=1S/C18H18N2O2.ClH/c1-2-19-18(21)22-12-11-13-14-7-3-5-9-16(14)20-17-10-6-4-8-15(13)17;/h3-10H,2,11-12H2,1H3,(H,19,21);1H. The molecule has 0 saturated heterocycles. The van der Waals surface area contributed by atoms with Crippen LogP contribution in [0.4, 0.5) is 4.79 Å². The van der Waals surface area contributed by atoms with Crippen LogP contribution in [0.5, 0.6) is 0 Å². The van der Waals surface area contributed by atoms with Gasteiger partial charge in [-0.1, -0.05) is 36.4 Å². The molecule has 1 heterocycles. The van der Waals surface area contributed by atoms with Gasteiger partial charge < -0.3 is 10.1 Å². The number of pyridine rings is 1. The van der Waals surface area contributed by atoms with Crippen LogP contribution < -0.4 is 5.32 Å². The third kappa shape index (κ3) is 3.71. The van der Waals surface area contributed by atoms with Crippen molar-refractivity contribution in [2.45, 2.75) is 13.3 Å². The summed E-state index contributed by atoms with van der Waals surface area (Å²) in [5.74, 6) is 0. The first-order chi connectivity index (χ1) is 10.8. The van der Waals surface area contributed by atoms with E-state index in [0.717, 1.165) is 21.8 Å². The SMILES string of the molecule is CCNC(=O)OCCc1c2ccccc2nc2ccccc12.Cl. The highest BCUT2D eigenvalue weighted by Gasteiger charge is 2.09. The van der Waals surface area contributed by atoms with Gasteiger partial charge >= 0.3 is 6.09 Å². The molecule has 0 bridgehead atoms. The van der Waals surface area contributed by atoms with E-state index >= 15 is 0 Å². The Kier molecular flexibility index (Phi) is 5.77. The predicted octanol–water partition coefficient (Wildman–Crippen LogP) is 4.10. The van der Waals surface area contributed by atoms with Crippen molar-refractivity contribution in [2.75, 3.05) is 13.2 Å². The molecule has 3 rings (SSSR count). The van der Waals surface area contributed by atoms with Crippen LogP contribution >= 0.6 is 12.4 Å². The third-order valence-electron chi connectivity index (χ3n) is 3.61. The Morgan fingerprint density at radius 2 is 1.61 bits per heavy atom. The van der Waals surface area contributed by atoms with Crippen LogP contribution in [0.1, 0.15) is 12.5 Å². The van der Waals surface area contributed by atoms with E-state index in [1.807, 2.05) is 43.3 Å². The first kappa shape index (κ1) is 17.0. The Morgan fingerprint density at radius 1 is 1.04 bits per heavy atom. The van der Waals surface area contributed by atoms with Gasteiger partial charge in [-0.05, 0) is 24.6 Å². The van der Waals surface area contributed by atoms with Crippen molar-refractivity contribution in [3.05, 3.63) is 54.1 Å². The van der Waals surface area contributed by atoms with Crippen LogP contribution in [0.25, 0.3) is 21.8 Å². The highest BCUT2D eigenvalue weighted by molar-refractivity contribution is 5.97. The van der Waals surface area contributed by atoms with Crippen LogP contribution in [-0.4, -0.2) is 24.2 Å². The number of carbonyl (C=O) groups excluding carboxylic acids is 1. The van der Waals surface area contributed by atoms with E-state index in [1.165, 1.54) is 5.56 Å². The van der Waals surface area contributed by atoms with Crippen LogP contribution in [0.3, 0.4) is 0 Å². The van der Waals surface area contributed by atoms with Gasteiger partial charge in [0.25, 0.3) is 0 Å². The summed E-state index contributed by atoms with van der Waals surface area (Å²) < 4.78 is 5.21. The fraction of sp³-hybridized carbons (Fsp3) is 0.222. The molecule has 0 unspecified atom stereocenters. The molecule has 5 heteroatoms. The minimum absolute atomic E-state index is 0. The van der Waals surface area contributed by atoms with E-state index in [9.17, 15) is 4.79 Å². The molecular formula is C18H19ClN2O2. The van der Waals surface area contributed by atoms with E-state index in [4.69, 9.17) is 9.72 Å². The molecule has 0 aliphatic carbocycles. The number of carbonyl (C=O) groups is 1. The number of nitrogens with one attached hydrogen (secondary N) is 1. The van der Waals surface area contributed by atoms with Crippen molar-refractivity contribution in [3.63, 3.8) is 0 Å². The third-order valence-corrected chi connectivity index (χ3v) is 3.61. The van der Waals surface area contributed by atoms with Crippen molar-refractivity contribution in [3.8, 4) is 0 Å². The fourth-order valence-corrected chi connectivity index (χ4v) is 2.64. The number of fused-ring (bicyclic) bond motifs is 2. The summed E-state index contributed by atoms with van der Waals surface area (Å²) in [4.78, 5) is 16.1. The van der Waals surface area contributed by atoms with Gasteiger partial charge in [-0.2, -0.15) is 0 Å². The summed E-state index contributed by atoms with van der Waals surface area (Å²) in [5.41, 5.74) is 3.11. The highest BCUT2D eigenvalue weighted by Crippen LogP contribution is 2.26. The number of amides is 1. The number of hydrogen-bond acceptors (Lipinski definition) is 3. The summed E-state index contributed by atoms with van der Waals surface area (Å²) in [6, 6.07) is 16.1. The minimum Gasteiger partial charge on any atom is -0.449 e. The quantitative estimate of drug-likeness (QED) is 0.733. The van der Waals surface area contributed by atoms with Crippen molar-refractivity contribution in [1.29, 1.82) is 0 Å². The van der Waals surface area contributed by atoms with E-state index in [-0.39, 0.29) is 18.5 Å². The van der Waals surface area contributed by atoms with Gasteiger partial charge in [-0.15, -0.1) is 12.4 Å². The minimum atomic E-state index is -0.370. The number of halogens is 1. The van der Waals surface area contributed by atoms with E-state index in [0.29, 0.717) is 19.6 Å². The molecule has 1 N–H and O–H groups in total. The Balaban J connectivity index is 0.00000192. The summed E-state index contributed by atoms with van der Waals surface area (Å²) in [5, 5.41) is 4.86. The maximum Gasteiger partial charge on any atom is 0.407 e. The normalized spacial score (nSPS) is 10.3. The second-order valence-electron chi connectivity index (χ2n) is 5.04. The van der Waals surface area contributed by atoms with E-state index in [2.05, 4.69) is 17.4 Å². The molecule has 0 aliphatic heterocycles. The monoisotopic (exact) mass is 330 g/mol. The molecule has 0 spiro atoms. The average Bonchev–Trinajstić information content (AvgIpc) is 2.54. The Hall–Kier alpha value is -2.33. The smallest absolute Gasteiger partial charge is 0.407 e. The topological polar surface area (TPSA) is 51.2 Å². The maximum atomic E-state index is 11.4. The van der Waals surface area contributed by atoms with Gasteiger partial charge in [0.1, 0.15) is 0 Å². The summed E-state index contributed by atoms with van der Waals surface area (Å²) in [6.07, 6.45) is 0.297. The molecule has 0 saturated carbocycles. The van der Waals surface area contributed by atoms with Gasteiger partial charge in [-0.3, -0.25) is 0 Å². The average molecular weight is 331 g/mol. The van der Waals surface area contributed by atoms with E-state index < -0.39 is 0 Å². The number of ether oxygens (including phenoxy) is 1. The molecule has 120 valence electrons. The predicted molar refractivity (Wildman–Crippen MR) is 95.2 cm³/mol. The maximum absolute atomic E-state index is 11.4. The van der Waals surface area contributed by atoms with Crippen molar-refractivity contribution >= 4 is 40.3 Å². The van der Waals surface area contributed by atoms with Crippen LogP contribution in [0.2, 0.25) is 0 Å². The highest BCUT2D eigenvalue weighted by atomic mass is 35.5. The first-order valence-corrected chi connectivity index (χ1v) is 7.46. The zero-order valence-corrected chi connectivity index (χ0v) is 13.7. The van der Waals surface area contributed by atoms with E-state index in [1.54, 1.807) is 0 Å². The largest absolute Gasteiger partial charge is 0.449 e. The molecule has 1 aromatic heterocycles. The van der Waals surface area contributed by atoms with Crippen molar-refractivity contribution < 1.29 is 9.53 Å². The first-order valence-electron chi connectivity index (χ1n) is 7.46. The molecule has 0 fully saturated rings. The van der Waals surface area contributed by atoms with Crippen molar-refractivity contribution in [1.82, 2.24) is 10.3 Å². The van der Waals surface area contributed by atoms with Gasteiger partial charge in [0.05, 0.1) is 17.6 Å². The second kappa shape index (κ2) is 7.79. The lowest BCUT2D eigenvalue weighted by molar-refractivity contribution is 0.148. The zero-order chi connectivity index (χ0) is 15.4. The molecule has 0 radical (unpaired) electrons. The second-order valence-corrected chi connectivity index (χ2v) is 5.04. The van der Waals surface area contributed by atoms with Crippen molar-refractivity contribution in [2.24, 2.45) is 0 Å². The summed E-state index contributed by atoms with van der Waals surface area (Å²) >= 11 is 0. The van der Waals surface area contributed by atoms with Crippen LogP contribution in [-0.2, 0) is 11.2 Å². The number of rotatable bonds is 4. The Bertz CT molecular complexity index is 766. The number of para-hydroxylation sites is 2. The molecule has 4 nitrogen and oxygen atoms in total. The lowest BCUT2D eigenvalue weighted by Gasteiger charge is -2.11. The lowest BCUT2D eigenvalue weighted by Crippen LogP contribution is -2.24. The number of nitrogens with zero attached hydrogens (tertiary/aromatic N) is 1.